The molecule has 108 heavy (non-hydrogen) atoms. The maximum absolute atomic E-state index is 9.31. The number of hydrogen-bond acceptors (Lipinski definition) is 9. The maximum Gasteiger partial charge on any atom is 2.00 e. The summed E-state index contributed by atoms with van der Waals surface area (Å²) in [6, 6.07) is 17.4. The molecule has 25 heteroatoms. The molecule has 0 atom stereocenters. The number of carboxylic acid groups (broad SMARTS) is 6. The smallest absolute Gasteiger partial charge is 0.483 e. The van der Waals surface area contributed by atoms with Crippen LogP contribution in [0.15, 0.2) is 73.2 Å². The van der Waals surface area contributed by atoms with Gasteiger partial charge in [-0.1, -0.05) is 75.7 Å². The van der Waals surface area contributed by atoms with Crippen LogP contribution < -0.4 is 0 Å². The van der Waals surface area contributed by atoms with Crippen molar-refractivity contribution in [2.75, 3.05) is 24.6 Å². The molecule has 646 valence electrons. The van der Waals surface area contributed by atoms with Crippen LogP contribution in [-0.2, 0) is 134 Å². The first-order valence-corrected chi connectivity index (χ1v) is 43.2. The zero-order valence-electron chi connectivity index (χ0n) is 69.4. The van der Waals surface area contributed by atoms with E-state index in [2.05, 4.69) is 216 Å². The van der Waals surface area contributed by atoms with Gasteiger partial charge in [0.15, 0.2) is 0 Å². The molecular weight excluding hydrogens is 1710 g/mol. The molecule has 0 radical (unpaired) electrons. The summed E-state index contributed by atoms with van der Waals surface area (Å²) in [5.74, 6) is -5.14. The molecular formula is C83H150N3Ni6O12P4+3. The van der Waals surface area contributed by atoms with E-state index in [4.69, 9.17) is 30.6 Å². The molecule has 0 amide bonds. The Balaban J connectivity index is -0.0000000844. The maximum atomic E-state index is 9.31. The van der Waals surface area contributed by atoms with E-state index in [0.29, 0.717) is 30.9 Å². The summed E-state index contributed by atoms with van der Waals surface area (Å²) in [6.07, 6.45) is 31.5. The second-order valence-corrected chi connectivity index (χ2v) is 47.1. The number of carboxylic acids is 6. The van der Waals surface area contributed by atoms with Crippen LogP contribution in [0, 0.1) is 76.2 Å². The molecule has 0 bridgehead atoms. The van der Waals surface area contributed by atoms with Gasteiger partial charge in [-0.25, -0.2) is 0 Å². The van der Waals surface area contributed by atoms with Crippen molar-refractivity contribution >= 4 is 67.5 Å². The Bertz CT molecular complexity index is 2290. The van der Waals surface area contributed by atoms with Gasteiger partial charge in [0.25, 0.3) is 35.8 Å². The Morgan fingerprint density at radius 2 is 0.593 bits per heavy atom. The van der Waals surface area contributed by atoms with Crippen molar-refractivity contribution in [1.29, 1.82) is 0 Å². The van der Waals surface area contributed by atoms with Crippen molar-refractivity contribution in [3.63, 3.8) is 0 Å². The van der Waals surface area contributed by atoms with Crippen LogP contribution in [0.5, 0.6) is 0 Å². The van der Waals surface area contributed by atoms with Crippen molar-refractivity contribution in [2.24, 2.45) is 0 Å². The topological polar surface area (TPSA) is 262 Å². The molecule has 0 saturated heterocycles. The monoisotopic (exact) mass is 1850 g/mol. The van der Waals surface area contributed by atoms with Crippen LogP contribution in [-0.4, -0.2) is 148 Å². The van der Waals surface area contributed by atoms with Gasteiger partial charge in [-0.3, -0.25) is 43.7 Å². The molecule has 3 aromatic heterocycles. The zero-order chi connectivity index (χ0) is 80.9. The number of unbranched alkanes of at least 4 members (excludes halogenated alkanes) is 1. The van der Waals surface area contributed by atoms with E-state index in [1.807, 2.05) is 54.6 Å². The number of aromatic nitrogens is 3. The van der Waals surface area contributed by atoms with Crippen LogP contribution in [0.4, 0.5) is 0 Å². The normalized spacial score (nSPS) is 12.2. The van der Waals surface area contributed by atoms with Crippen LogP contribution in [0.3, 0.4) is 0 Å². The summed E-state index contributed by atoms with van der Waals surface area (Å²) in [7, 11) is -0.953. The van der Waals surface area contributed by atoms with E-state index < -0.39 is 35.8 Å². The molecule has 2 fully saturated rings. The quantitative estimate of drug-likeness (QED) is 0.0393. The third-order valence-electron chi connectivity index (χ3n) is 15.4. The number of aliphatic carboxylic acids is 6. The standard InChI is InChI=1S/C15H28P.C12H26P.C11H24P.C10H8N2.C10H22P.C7H8N.6C3H5O2.6Ni/c1-2-13-16(14-9-5-3-6-10-14)15-11-7-4-8-12-15;1-8-9-10-13(11(2,3)4)12(5,6)7;1-8-9-12(10(2,3)4)11(5,6)7;1-3-7-11-9(5-1)10-6-2-4-8-12-10;1-8-11(9(2,3)4)10(5,6)7;1-2-7-5-3-4-6-8-7;6*1-2-3(4)5;;;;;;/h14-15H,1-13H2;1,8-10H2,2-7H3;1,8-9H2,2-7H3;1-8H;1,8H2,2-7H3;3-6H,1-2H2;6*1-2H2,(H,4,5);;;;;;/q3*-1;;8*-1;;5*+2/p+4. The first-order chi connectivity index (χ1) is 47.0. The van der Waals surface area contributed by atoms with Crippen LogP contribution in [0.25, 0.3) is 11.4 Å². The average Bonchev–Trinajstić information content (AvgIpc) is 0.852. The third-order valence-corrected chi connectivity index (χ3v) is 32.6. The van der Waals surface area contributed by atoms with Gasteiger partial charge in [-0.05, 0) is 227 Å². The predicted octanol–water partition coefficient (Wildman–Crippen LogP) is 22.5. The Morgan fingerprint density at radius 3 is 0.741 bits per heavy atom. The molecule has 0 aliphatic heterocycles. The van der Waals surface area contributed by atoms with Crippen LogP contribution in [0.2, 0.25) is 0 Å². The van der Waals surface area contributed by atoms with Gasteiger partial charge in [-0.15, -0.1) is 19.3 Å². The van der Waals surface area contributed by atoms with Gasteiger partial charge >= 0.3 is 82.5 Å². The van der Waals surface area contributed by atoms with E-state index in [-0.39, 0.29) is 169 Å². The van der Waals surface area contributed by atoms with Gasteiger partial charge in [0.05, 0.1) is 59.8 Å². The van der Waals surface area contributed by atoms with E-state index in [1.54, 1.807) is 44.3 Å². The minimum atomic E-state index is -0.856. The summed E-state index contributed by atoms with van der Waals surface area (Å²) in [6.45, 7) is 81.1. The molecule has 0 aromatic carbocycles. The van der Waals surface area contributed by atoms with E-state index in [9.17, 15) is 28.8 Å². The zero-order valence-corrected chi connectivity index (χ0v) is 79.3. The Labute approximate surface area is 727 Å². The van der Waals surface area contributed by atoms with Crippen molar-refractivity contribution in [3.05, 3.63) is 155 Å². The molecule has 6 N–H and O–H groups in total. The van der Waals surface area contributed by atoms with Crippen molar-refractivity contribution < 1.29 is 158 Å². The summed E-state index contributed by atoms with van der Waals surface area (Å²) < 4.78 is 0. The molecule has 0 unspecified atom stereocenters. The minimum Gasteiger partial charge on any atom is -0.483 e. The fraction of sp³-hybridized carbons (Fsp3) is 0.614. The van der Waals surface area contributed by atoms with Crippen LogP contribution in [0.1, 0.15) is 259 Å². The molecule has 2 saturated carbocycles. The minimum absolute atomic E-state index is 0. The molecule has 2 aliphatic carbocycles. The summed E-state index contributed by atoms with van der Waals surface area (Å²) >= 11 is 0. The van der Waals surface area contributed by atoms with Crippen molar-refractivity contribution in [1.82, 2.24) is 15.0 Å². The number of carbonyl (C=O) groups is 6. The molecule has 5 rings (SSSR count). The van der Waals surface area contributed by atoms with Gasteiger partial charge in [0.1, 0.15) is 0 Å². The molecule has 3 heterocycles. The van der Waals surface area contributed by atoms with Gasteiger partial charge in [0, 0.05) is 76.9 Å². The van der Waals surface area contributed by atoms with E-state index >= 15 is 0 Å². The predicted molar refractivity (Wildman–Crippen MR) is 451 cm³/mol. The number of nitrogens with zero attached hydrogens (tertiary/aromatic N) is 3. The van der Waals surface area contributed by atoms with E-state index in [1.165, 1.54) is 81.2 Å². The Kier molecular flexibility index (Phi) is 102. The van der Waals surface area contributed by atoms with Gasteiger partial charge < -0.3 is 107 Å². The molecule has 2 aliphatic rings. The second kappa shape index (κ2) is 81.1. The fourth-order valence-corrected chi connectivity index (χ4v) is 28.0. The number of hydrogen-bond donors (Lipinski definition) is 6. The SMILES string of the molecule is [CH2-]CC(=O)O.[CH2-]CC(=O)O.[CH2-]CC(=O)O.[CH2-]CC(=O)O.[CH2-]CC(=O)O.[CH2-]CC(=O)O.[CH2-]CCC[PH+](C(C)(C)C)C(C)(C)C.[CH2-]CC[PH+](C(C)(C)C)C(C)(C)C.[CH2-]CC[PH+](C1CCCCC1)C1CCCCC1.[CH2-]C[PH+](C(C)(C)C)C(C)(C)C.[CH2-]Cc1ccccn1.[Ni+2].[Ni+2].[Ni+2].[Ni+2].[Ni+2].[Ni].c1ccc(-c2ccccn2)nc1. The summed E-state index contributed by atoms with van der Waals surface area (Å²) in [5.41, 5.74) is 5.22. The second-order valence-electron chi connectivity index (χ2n) is 30.5. The molecule has 3 aromatic rings. The van der Waals surface area contributed by atoms with Gasteiger partial charge in [-0.2, -0.15) is 6.42 Å². The van der Waals surface area contributed by atoms with E-state index in [0.717, 1.165) is 42.5 Å². The molecule has 0 spiro atoms. The number of rotatable bonds is 18. The fourth-order valence-electron chi connectivity index (χ4n) is 11.6. The van der Waals surface area contributed by atoms with Crippen LogP contribution >= 0.6 is 31.7 Å². The largest absolute Gasteiger partial charge is 2.00 e. The van der Waals surface area contributed by atoms with Crippen molar-refractivity contribution in [2.45, 2.75) is 302 Å². The summed E-state index contributed by atoms with van der Waals surface area (Å²) in [5, 5.41) is 49.0. The first kappa shape index (κ1) is 136. The Morgan fingerprint density at radius 1 is 0.352 bits per heavy atom. The third kappa shape index (κ3) is 88.9. The number of pyridine rings is 3. The van der Waals surface area contributed by atoms with Gasteiger partial charge in [0.2, 0.25) is 0 Å². The first-order valence-electron chi connectivity index (χ1n) is 36.2. The average molecular weight is 1860 g/mol. The Hall–Kier alpha value is -1.05. The summed E-state index contributed by atoms with van der Waals surface area (Å²) in [4.78, 5) is 68.2. The van der Waals surface area contributed by atoms with Crippen molar-refractivity contribution in [3.8, 4) is 11.4 Å². The molecule has 15 nitrogen and oxygen atoms in total.